The van der Waals surface area contributed by atoms with Gasteiger partial charge in [-0.15, -0.1) is 0 Å². The van der Waals surface area contributed by atoms with E-state index in [1.54, 1.807) is 0 Å². The van der Waals surface area contributed by atoms with Crippen LogP contribution in [-0.2, 0) is 9.59 Å². The van der Waals surface area contributed by atoms with Crippen molar-refractivity contribution in [2.75, 3.05) is 6.54 Å². The van der Waals surface area contributed by atoms with Crippen molar-refractivity contribution in [1.29, 1.82) is 0 Å². The molecule has 0 aliphatic carbocycles. The van der Waals surface area contributed by atoms with Crippen molar-refractivity contribution in [3.05, 3.63) is 0 Å². The molecule has 0 rings (SSSR count). The van der Waals surface area contributed by atoms with E-state index < -0.39 is 30.4 Å². The molecule has 0 aromatic rings. The molecule has 6 nitrogen and oxygen atoms in total. The molecule has 14 heavy (non-hydrogen) atoms. The first kappa shape index (κ1) is 12.7. The molecule has 0 spiro atoms. The Bertz CT molecular complexity index is 248. The summed E-state index contributed by atoms with van der Waals surface area (Å²) in [5.74, 6) is -8.83. The minimum atomic E-state index is -5.31. The Hall–Kier alpha value is -1.35. The second kappa shape index (κ2) is 3.80. The number of hydrogen-bond donors (Lipinski definition) is 4. The number of carbonyl (C=O) groups excluding carboxylic acids is 1. The van der Waals surface area contributed by atoms with Gasteiger partial charge in [0.05, 0.1) is 0 Å². The lowest BCUT2D eigenvalue weighted by Crippen LogP contribution is -2.56. The molecule has 82 valence electrons. The Morgan fingerprint density at radius 2 is 1.64 bits per heavy atom. The summed E-state index contributed by atoms with van der Waals surface area (Å²) in [7, 11) is 0. The summed E-state index contributed by atoms with van der Waals surface area (Å²) < 4.78 is 36.0. The number of halogens is 3. The van der Waals surface area contributed by atoms with Crippen molar-refractivity contribution >= 4 is 11.9 Å². The van der Waals surface area contributed by atoms with Crippen LogP contribution < -0.4 is 5.32 Å². The summed E-state index contributed by atoms with van der Waals surface area (Å²) in [4.78, 5) is 20.2. The summed E-state index contributed by atoms with van der Waals surface area (Å²) in [6.07, 6.45) is -5.31. The maximum Gasteiger partial charge on any atom is 0.421 e. The molecular weight excluding hydrogens is 211 g/mol. The van der Waals surface area contributed by atoms with Crippen molar-refractivity contribution in [3.8, 4) is 0 Å². The van der Waals surface area contributed by atoms with E-state index in [1.807, 2.05) is 0 Å². The molecular formula is C5H6F3NO5. The lowest BCUT2D eigenvalue weighted by molar-refractivity contribution is -0.335. The molecule has 0 fully saturated rings. The Kier molecular flexibility index (Phi) is 3.43. The van der Waals surface area contributed by atoms with Gasteiger partial charge in [0.2, 0.25) is 0 Å². The molecule has 1 atom stereocenters. The predicted octanol–water partition coefficient (Wildman–Crippen LogP) is -1.57. The average molecular weight is 217 g/mol. The van der Waals surface area contributed by atoms with Crippen LogP contribution in [0.25, 0.3) is 0 Å². The van der Waals surface area contributed by atoms with Gasteiger partial charge in [-0.3, -0.25) is 9.59 Å². The SMILES string of the molecule is O=C(O)CNC(=O)C(O)(F)C(O)(F)F. The first-order chi connectivity index (χ1) is 6.09. The highest BCUT2D eigenvalue weighted by Gasteiger charge is 2.59. The number of aliphatic hydroxyl groups is 2. The standard InChI is InChI=1S/C5H6F3NO5/c6-4(13,5(7,8)14)3(12)9-1-2(10)11/h13-14H,1H2,(H,9,12)(H,10,11). The van der Waals surface area contributed by atoms with E-state index in [0.29, 0.717) is 0 Å². The van der Waals surface area contributed by atoms with E-state index in [9.17, 15) is 22.8 Å². The third-order valence-electron chi connectivity index (χ3n) is 1.10. The molecule has 0 heterocycles. The molecule has 0 aliphatic heterocycles. The van der Waals surface area contributed by atoms with Gasteiger partial charge in [0.15, 0.2) is 0 Å². The van der Waals surface area contributed by atoms with Crippen LogP contribution in [0.15, 0.2) is 0 Å². The Morgan fingerprint density at radius 3 is 1.93 bits per heavy atom. The Labute approximate surface area is 75.0 Å². The molecule has 0 saturated heterocycles. The number of carboxylic acid groups (broad SMARTS) is 1. The highest BCUT2D eigenvalue weighted by atomic mass is 19.3. The molecule has 0 saturated carbocycles. The van der Waals surface area contributed by atoms with E-state index in [1.165, 1.54) is 0 Å². The van der Waals surface area contributed by atoms with Gasteiger partial charge in [0.25, 0.3) is 5.91 Å². The molecule has 1 amide bonds. The second-order valence-electron chi connectivity index (χ2n) is 2.24. The molecule has 4 N–H and O–H groups in total. The largest absolute Gasteiger partial charge is 0.480 e. The number of aliphatic carboxylic acids is 1. The quantitative estimate of drug-likeness (QED) is 0.455. The number of amides is 1. The molecule has 0 bridgehead atoms. The maximum absolute atomic E-state index is 12.4. The van der Waals surface area contributed by atoms with Crippen LogP contribution in [0.3, 0.4) is 0 Å². The van der Waals surface area contributed by atoms with E-state index in [-0.39, 0.29) is 0 Å². The van der Waals surface area contributed by atoms with Gasteiger partial charge in [0, 0.05) is 0 Å². The van der Waals surface area contributed by atoms with Crippen molar-refractivity contribution in [1.82, 2.24) is 5.32 Å². The number of alkyl halides is 3. The Balaban J connectivity index is 4.45. The van der Waals surface area contributed by atoms with E-state index in [2.05, 4.69) is 0 Å². The van der Waals surface area contributed by atoms with Crippen molar-refractivity contribution in [3.63, 3.8) is 0 Å². The summed E-state index contributed by atoms with van der Waals surface area (Å²) >= 11 is 0. The molecule has 0 aliphatic rings. The number of rotatable bonds is 4. The minimum Gasteiger partial charge on any atom is -0.480 e. The molecule has 9 heteroatoms. The summed E-state index contributed by atoms with van der Waals surface area (Å²) in [5.41, 5.74) is 0. The third kappa shape index (κ3) is 2.85. The van der Waals surface area contributed by atoms with Gasteiger partial charge in [-0.25, -0.2) is 0 Å². The number of carbonyl (C=O) groups is 2. The summed E-state index contributed by atoms with van der Waals surface area (Å²) in [5, 5.41) is 25.0. The van der Waals surface area contributed by atoms with E-state index >= 15 is 0 Å². The lowest BCUT2D eigenvalue weighted by atomic mass is 10.2. The first-order valence-corrected chi connectivity index (χ1v) is 3.10. The molecule has 0 radical (unpaired) electrons. The topological polar surface area (TPSA) is 107 Å². The first-order valence-electron chi connectivity index (χ1n) is 3.10. The number of carboxylic acids is 1. The summed E-state index contributed by atoms with van der Waals surface area (Å²) in [6, 6.07) is 0. The van der Waals surface area contributed by atoms with Gasteiger partial charge in [0.1, 0.15) is 6.54 Å². The normalized spacial score (nSPS) is 15.8. The van der Waals surface area contributed by atoms with E-state index in [4.69, 9.17) is 15.3 Å². The Morgan fingerprint density at radius 1 is 1.21 bits per heavy atom. The van der Waals surface area contributed by atoms with Gasteiger partial charge in [-0.05, 0) is 0 Å². The van der Waals surface area contributed by atoms with Crippen LogP contribution in [0.1, 0.15) is 0 Å². The highest BCUT2D eigenvalue weighted by molar-refractivity contribution is 5.87. The van der Waals surface area contributed by atoms with Crippen molar-refractivity contribution in [2.45, 2.75) is 12.0 Å². The fourth-order valence-corrected chi connectivity index (χ4v) is 0.410. The fourth-order valence-electron chi connectivity index (χ4n) is 0.410. The predicted molar refractivity (Wildman–Crippen MR) is 33.9 cm³/mol. The van der Waals surface area contributed by atoms with Crippen LogP contribution in [0, 0.1) is 0 Å². The van der Waals surface area contributed by atoms with Gasteiger partial charge in [-0.2, -0.15) is 13.2 Å². The zero-order valence-corrected chi connectivity index (χ0v) is 6.50. The smallest absolute Gasteiger partial charge is 0.421 e. The number of nitrogens with one attached hydrogen (secondary N) is 1. The zero-order chi connectivity index (χ0) is 11.6. The van der Waals surface area contributed by atoms with Crippen LogP contribution in [0.2, 0.25) is 0 Å². The maximum atomic E-state index is 12.4. The van der Waals surface area contributed by atoms with Crippen LogP contribution >= 0.6 is 0 Å². The molecule has 0 aromatic carbocycles. The second-order valence-corrected chi connectivity index (χ2v) is 2.24. The molecule has 1 unspecified atom stereocenters. The van der Waals surface area contributed by atoms with Crippen molar-refractivity contribution < 1.29 is 38.1 Å². The lowest BCUT2D eigenvalue weighted by Gasteiger charge is -2.21. The van der Waals surface area contributed by atoms with Gasteiger partial charge < -0.3 is 20.6 Å². The van der Waals surface area contributed by atoms with Gasteiger partial charge in [-0.1, -0.05) is 0 Å². The fraction of sp³-hybridized carbons (Fsp3) is 0.600. The molecule has 0 aromatic heterocycles. The van der Waals surface area contributed by atoms with Crippen LogP contribution in [0.5, 0.6) is 0 Å². The van der Waals surface area contributed by atoms with E-state index in [0.717, 1.165) is 5.32 Å². The third-order valence-corrected chi connectivity index (χ3v) is 1.10. The van der Waals surface area contributed by atoms with Gasteiger partial charge >= 0.3 is 17.9 Å². The van der Waals surface area contributed by atoms with Crippen molar-refractivity contribution in [2.24, 2.45) is 0 Å². The highest BCUT2D eigenvalue weighted by Crippen LogP contribution is 2.27. The van der Waals surface area contributed by atoms with Crippen LogP contribution in [0.4, 0.5) is 13.2 Å². The monoisotopic (exact) mass is 217 g/mol. The zero-order valence-electron chi connectivity index (χ0n) is 6.50. The van der Waals surface area contributed by atoms with Crippen LogP contribution in [-0.4, -0.2) is 45.7 Å². The summed E-state index contributed by atoms with van der Waals surface area (Å²) in [6.45, 7) is -1.17. The minimum absolute atomic E-state index is 1.13. The number of hydrogen-bond acceptors (Lipinski definition) is 4. The average Bonchev–Trinajstić information content (AvgIpc) is 1.97.